The third kappa shape index (κ3) is 1.20. The van der Waals surface area contributed by atoms with Crippen LogP contribution in [0.15, 0.2) is 29.8 Å². The summed E-state index contributed by atoms with van der Waals surface area (Å²) in [4.78, 5) is 11.4. The quantitative estimate of drug-likeness (QED) is 0.689. The van der Waals surface area contributed by atoms with Gasteiger partial charge < -0.3 is 0 Å². The van der Waals surface area contributed by atoms with Gasteiger partial charge in [-0.2, -0.15) is 0 Å². The Balaban J connectivity index is 2.62. The SMILES string of the molecule is CC(=O)C1=C(Cl)c2ccccc2C1C. The first-order valence-corrected chi connectivity index (χ1v) is 5.00. The van der Waals surface area contributed by atoms with Gasteiger partial charge in [-0.25, -0.2) is 0 Å². The van der Waals surface area contributed by atoms with Crippen molar-refractivity contribution >= 4 is 22.4 Å². The van der Waals surface area contributed by atoms with Crippen molar-refractivity contribution < 1.29 is 4.79 Å². The standard InChI is InChI=1S/C12H11ClO/c1-7-9-5-3-4-6-10(9)12(13)11(7)8(2)14/h3-7H,1-2H3. The first-order valence-electron chi connectivity index (χ1n) is 4.63. The van der Waals surface area contributed by atoms with Gasteiger partial charge in [-0.1, -0.05) is 42.8 Å². The minimum Gasteiger partial charge on any atom is -0.295 e. The van der Waals surface area contributed by atoms with Crippen molar-refractivity contribution in [2.45, 2.75) is 19.8 Å². The molecule has 1 unspecified atom stereocenters. The number of allylic oxidation sites excluding steroid dienone is 1. The normalized spacial score (nSPS) is 19.8. The van der Waals surface area contributed by atoms with Gasteiger partial charge in [0.25, 0.3) is 0 Å². The van der Waals surface area contributed by atoms with E-state index < -0.39 is 0 Å². The zero-order valence-electron chi connectivity index (χ0n) is 8.17. The predicted molar refractivity (Wildman–Crippen MR) is 58.3 cm³/mol. The summed E-state index contributed by atoms with van der Waals surface area (Å²) in [5.41, 5.74) is 2.91. The fourth-order valence-corrected chi connectivity index (χ4v) is 2.49. The van der Waals surface area contributed by atoms with E-state index in [9.17, 15) is 4.79 Å². The number of carbonyl (C=O) groups excluding carboxylic acids is 1. The molecule has 0 fully saturated rings. The van der Waals surface area contributed by atoms with Gasteiger partial charge in [-0.3, -0.25) is 4.79 Å². The maximum absolute atomic E-state index is 11.4. The lowest BCUT2D eigenvalue weighted by Crippen LogP contribution is -2.01. The summed E-state index contributed by atoms with van der Waals surface area (Å²) in [5.74, 6) is 0.204. The van der Waals surface area contributed by atoms with Crippen LogP contribution < -0.4 is 0 Å². The summed E-state index contributed by atoms with van der Waals surface area (Å²) in [7, 11) is 0. The predicted octanol–water partition coefficient (Wildman–Crippen LogP) is 3.34. The second kappa shape index (κ2) is 3.25. The Morgan fingerprint density at radius 3 is 2.57 bits per heavy atom. The van der Waals surface area contributed by atoms with E-state index in [1.165, 1.54) is 0 Å². The molecular weight excluding hydrogens is 196 g/mol. The van der Waals surface area contributed by atoms with E-state index >= 15 is 0 Å². The molecule has 14 heavy (non-hydrogen) atoms. The molecule has 0 saturated heterocycles. The van der Waals surface area contributed by atoms with Crippen LogP contribution in [0.1, 0.15) is 30.9 Å². The number of benzene rings is 1. The molecule has 0 N–H and O–H groups in total. The van der Waals surface area contributed by atoms with Crippen LogP contribution >= 0.6 is 11.6 Å². The van der Waals surface area contributed by atoms with Crippen LogP contribution in [0, 0.1) is 0 Å². The second-order valence-corrected chi connectivity index (χ2v) is 3.97. The lowest BCUT2D eigenvalue weighted by molar-refractivity contribution is -0.113. The number of rotatable bonds is 1. The van der Waals surface area contributed by atoms with Crippen molar-refractivity contribution in [2.75, 3.05) is 0 Å². The van der Waals surface area contributed by atoms with E-state index in [2.05, 4.69) is 0 Å². The monoisotopic (exact) mass is 206 g/mol. The van der Waals surface area contributed by atoms with E-state index in [4.69, 9.17) is 11.6 Å². The van der Waals surface area contributed by atoms with Crippen molar-refractivity contribution in [3.05, 3.63) is 41.0 Å². The largest absolute Gasteiger partial charge is 0.295 e. The molecule has 0 saturated carbocycles. The van der Waals surface area contributed by atoms with E-state index in [0.29, 0.717) is 5.03 Å². The molecule has 0 heterocycles. The lowest BCUT2D eigenvalue weighted by Gasteiger charge is -2.06. The molecule has 72 valence electrons. The maximum atomic E-state index is 11.4. The van der Waals surface area contributed by atoms with Crippen LogP contribution in [0.3, 0.4) is 0 Å². The molecule has 1 aliphatic rings. The van der Waals surface area contributed by atoms with Crippen molar-refractivity contribution in [1.82, 2.24) is 0 Å². The van der Waals surface area contributed by atoms with Gasteiger partial charge in [0.05, 0.1) is 5.03 Å². The topological polar surface area (TPSA) is 17.1 Å². The van der Waals surface area contributed by atoms with Crippen molar-refractivity contribution in [3.63, 3.8) is 0 Å². The van der Waals surface area contributed by atoms with Crippen molar-refractivity contribution in [2.24, 2.45) is 0 Å². The van der Waals surface area contributed by atoms with Gasteiger partial charge in [0.2, 0.25) is 0 Å². The van der Waals surface area contributed by atoms with Gasteiger partial charge >= 0.3 is 0 Å². The number of hydrogen-bond acceptors (Lipinski definition) is 1. The molecule has 0 aliphatic heterocycles. The summed E-state index contributed by atoms with van der Waals surface area (Å²) >= 11 is 6.16. The molecule has 2 rings (SSSR count). The first-order chi connectivity index (χ1) is 6.63. The zero-order chi connectivity index (χ0) is 10.3. The van der Waals surface area contributed by atoms with Crippen LogP contribution in [0.2, 0.25) is 0 Å². The van der Waals surface area contributed by atoms with Crippen LogP contribution in [0.5, 0.6) is 0 Å². The molecule has 1 nitrogen and oxygen atoms in total. The number of ketones is 1. The van der Waals surface area contributed by atoms with Crippen molar-refractivity contribution in [1.29, 1.82) is 0 Å². The fourth-order valence-electron chi connectivity index (χ4n) is 2.02. The van der Waals surface area contributed by atoms with Crippen LogP contribution in [-0.4, -0.2) is 5.78 Å². The Kier molecular flexibility index (Phi) is 2.20. The average Bonchev–Trinajstić information content (AvgIpc) is 2.41. The van der Waals surface area contributed by atoms with Gasteiger partial charge in [0.1, 0.15) is 0 Å². The second-order valence-electron chi connectivity index (χ2n) is 3.59. The van der Waals surface area contributed by atoms with E-state index in [-0.39, 0.29) is 11.7 Å². The molecule has 0 aromatic heterocycles. The smallest absolute Gasteiger partial charge is 0.157 e. The van der Waals surface area contributed by atoms with E-state index in [0.717, 1.165) is 16.7 Å². The number of hydrogen-bond donors (Lipinski definition) is 0. The molecule has 0 radical (unpaired) electrons. The van der Waals surface area contributed by atoms with E-state index in [1.54, 1.807) is 6.92 Å². The Labute approximate surface area is 88.4 Å². The Bertz CT molecular complexity index is 432. The molecule has 2 heteroatoms. The third-order valence-electron chi connectivity index (χ3n) is 2.71. The number of carbonyl (C=O) groups is 1. The average molecular weight is 207 g/mol. The highest BCUT2D eigenvalue weighted by molar-refractivity contribution is 6.52. The molecule has 0 spiro atoms. The number of fused-ring (bicyclic) bond motifs is 1. The minimum atomic E-state index is 0.0682. The maximum Gasteiger partial charge on any atom is 0.157 e. The Hall–Kier alpha value is -1.08. The fraction of sp³-hybridized carbons (Fsp3) is 0.250. The first kappa shape index (κ1) is 9.47. The summed E-state index contributed by atoms with van der Waals surface area (Å²) in [5, 5.41) is 0.626. The van der Waals surface area contributed by atoms with E-state index in [1.807, 2.05) is 31.2 Å². The summed E-state index contributed by atoms with van der Waals surface area (Å²) in [6, 6.07) is 7.90. The molecular formula is C12H11ClO. The Morgan fingerprint density at radius 2 is 2.00 bits per heavy atom. The molecule has 0 amide bonds. The highest BCUT2D eigenvalue weighted by atomic mass is 35.5. The van der Waals surface area contributed by atoms with Gasteiger partial charge in [-0.05, 0) is 18.1 Å². The number of Topliss-reactive ketones (excluding diaryl/α,β-unsaturated/α-hetero) is 1. The third-order valence-corrected chi connectivity index (χ3v) is 3.12. The molecule has 1 aromatic rings. The highest BCUT2D eigenvalue weighted by Gasteiger charge is 2.29. The summed E-state index contributed by atoms with van der Waals surface area (Å²) in [6.45, 7) is 3.59. The minimum absolute atomic E-state index is 0.0682. The molecule has 1 atom stereocenters. The van der Waals surface area contributed by atoms with Gasteiger partial charge in [-0.15, -0.1) is 0 Å². The van der Waals surface area contributed by atoms with Gasteiger partial charge in [0, 0.05) is 11.5 Å². The zero-order valence-corrected chi connectivity index (χ0v) is 8.93. The molecule has 0 bridgehead atoms. The number of halogens is 1. The summed E-state index contributed by atoms with van der Waals surface area (Å²) < 4.78 is 0. The van der Waals surface area contributed by atoms with Crippen LogP contribution in [-0.2, 0) is 4.79 Å². The van der Waals surface area contributed by atoms with Crippen molar-refractivity contribution in [3.8, 4) is 0 Å². The van der Waals surface area contributed by atoms with Crippen LogP contribution in [0.25, 0.3) is 5.03 Å². The Morgan fingerprint density at radius 1 is 1.36 bits per heavy atom. The van der Waals surface area contributed by atoms with Gasteiger partial charge in [0.15, 0.2) is 5.78 Å². The van der Waals surface area contributed by atoms with Crippen LogP contribution in [0.4, 0.5) is 0 Å². The summed E-state index contributed by atoms with van der Waals surface area (Å²) in [6.07, 6.45) is 0. The molecule has 1 aliphatic carbocycles. The lowest BCUT2D eigenvalue weighted by atomic mass is 9.96. The molecule has 1 aromatic carbocycles. The highest BCUT2D eigenvalue weighted by Crippen LogP contribution is 2.43.